The Balaban J connectivity index is 1.49. The number of rotatable bonds is 6. The van der Waals surface area contributed by atoms with Crippen molar-refractivity contribution in [3.63, 3.8) is 0 Å². The van der Waals surface area contributed by atoms with Crippen LogP contribution in [0.3, 0.4) is 0 Å². The highest BCUT2D eigenvalue weighted by Crippen LogP contribution is 2.69. The first-order valence-corrected chi connectivity index (χ1v) is 13.5. The monoisotopic (exact) mass is 445 g/mol. The van der Waals surface area contributed by atoms with Crippen LogP contribution in [0.25, 0.3) is 10.4 Å². The minimum absolute atomic E-state index is 0.0435. The lowest BCUT2D eigenvalue weighted by Gasteiger charge is -2.62. The van der Waals surface area contributed by atoms with Crippen LogP contribution in [-0.4, -0.2) is 22.0 Å². The molecular formula is C27H47N3O2. The standard InChI is InChI=1S/C27H47N3O2/c1-17(2)7-6-8-18(3)21-11-12-22-20-10-9-19-15-27(32,29-30-28)24(31)16-26(19,5)23(20)13-14-25(21,22)4/h17-24,31-32H,6-16H2,1-5H3/t18-,19?,20+,21-,22+,23+,24?,25-,26+,27?/m1/s1. The Hall–Kier alpha value is -0.770. The molecule has 10 atom stereocenters. The summed E-state index contributed by atoms with van der Waals surface area (Å²) in [5.74, 6) is 5.01. The van der Waals surface area contributed by atoms with E-state index < -0.39 is 11.8 Å². The molecular weight excluding hydrogens is 398 g/mol. The van der Waals surface area contributed by atoms with Gasteiger partial charge < -0.3 is 10.2 Å². The molecule has 32 heavy (non-hydrogen) atoms. The van der Waals surface area contributed by atoms with Crippen molar-refractivity contribution in [1.82, 2.24) is 0 Å². The molecule has 182 valence electrons. The van der Waals surface area contributed by atoms with Gasteiger partial charge in [-0.2, -0.15) is 0 Å². The zero-order chi connectivity index (χ0) is 23.3. The average Bonchev–Trinajstić information content (AvgIpc) is 3.06. The normalized spacial score (nSPS) is 49.0. The van der Waals surface area contributed by atoms with Gasteiger partial charge in [0, 0.05) is 4.91 Å². The third-order valence-corrected chi connectivity index (χ3v) is 11.2. The van der Waals surface area contributed by atoms with E-state index in [0.29, 0.717) is 30.1 Å². The number of hydrogen-bond donors (Lipinski definition) is 2. The van der Waals surface area contributed by atoms with Crippen molar-refractivity contribution in [2.45, 2.75) is 117 Å². The first kappa shape index (κ1) is 24.4. The SMILES string of the molecule is CC(C)CCC[C@@H](C)[C@H]1CC[C@H]2[C@@H]3CCC4CC(O)(N=[N+]=[N-])C(O)C[C@]4(C)[C@H]3CC[C@]12C. The summed E-state index contributed by atoms with van der Waals surface area (Å²) in [4.78, 5) is 2.85. The van der Waals surface area contributed by atoms with Crippen LogP contribution in [0.5, 0.6) is 0 Å². The van der Waals surface area contributed by atoms with Crippen molar-refractivity contribution in [2.24, 2.45) is 57.4 Å². The molecule has 4 aliphatic rings. The van der Waals surface area contributed by atoms with E-state index in [9.17, 15) is 10.2 Å². The van der Waals surface area contributed by atoms with Gasteiger partial charge in [-0.15, -0.1) is 0 Å². The summed E-state index contributed by atoms with van der Waals surface area (Å²) in [6, 6.07) is 0. The lowest BCUT2D eigenvalue weighted by Crippen LogP contribution is -2.60. The molecule has 5 heteroatoms. The van der Waals surface area contributed by atoms with Crippen LogP contribution in [0.1, 0.15) is 105 Å². The van der Waals surface area contributed by atoms with E-state index in [1.807, 2.05) is 0 Å². The van der Waals surface area contributed by atoms with E-state index in [1.54, 1.807) is 0 Å². The first-order valence-electron chi connectivity index (χ1n) is 13.5. The number of hydrogen-bond acceptors (Lipinski definition) is 3. The molecule has 0 spiro atoms. The fraction of sp³-hybridized carbons (Fsp3) is 1.00. The number of fused-ring (bicyclic) bond motifs is 5. The van der Waals surface area contributed by atoms with Gasteiger partial charge in [-0.25, -0.2) is 0 Å². The van der Waals surface area contributed by atoms with Crippen molar-refractivity contribution in [3.8, 4) is 0 Å². The fourth-order valence-corrected chi connectivity index (χ4v) is 9.48. The van der Waals surface area contributed by atoms with Crippen LogP contribution in [0.4, 0.5) is 0 Å². The zero-order valence-corrected chi connectivity index (χ0v) is 21.1. The van der Waals surface area contributed by atoms with E-state index in [2.05, 4.69) is 44.6 Å². The molecule has 4 rings (SSSR count). The predicted molar refractivity (Wildman–Crippen MR) is 129 cm³/mol. The van der Waals surface area contributed by atoms with Crippen molar-refractivity contribution in [1.29, 1.82) is 0 Å². The molecule has 0 heterocycles. The van der Waals surface area contributed by atoms with Crippen LogP contribution in [0, 0.1) is 52.3 Å². The molecule has 2 N–H and O–H groups in total. The number of aliphatic hydroxyl groups excluding tert-OH is 1. The lowest BCUT2D eigenvalue weighted by atomic mass is 9.43. The van der Waals surface area contributed by atoms with Gasteiger partial charge in [0.25, 0.3) is 0 Å². The molecule has 5 nitrogen and oxygen atoms in total. The highest BCUT2D eigenvalue weighted by atomic mass is 16.4. The number of azide groups is 1. The minimum Gasteiger partial charge on any atom is -0.390 e. The van der Waals surface area contributed by atoms with E-state index in [1.165, 1.54) is 51.4 Å². The molecule has 0 radical (unpaired) electrons. The predicted octanol–water partition coefficient (Wildman–Crippen LogP) is 7.08. The van der Waals surface area contributed by atoms with Crippen molar-refractivity contribution in [2.75, 3.05) is 0 Å². The van der Waals surface area contributed by atoms with E-state index in [0.717, 1.165) is 36.0 Å². The molecule has 0 amide bonds. The third-order valence-electron chi connectivity index (χ3n) is 11.2. The van der Waals surface area contributed by atoms with Crippen LogP contribution >= 0.6 is 0 Å². The van der Waals surface area contributed by atoms with Gasteiger partial charge in [0.1, 0.15) is 0 Å². The Bertz CT molecular complexity index is 736. The smallest absolute Gasteiger partial charge is 0.169 e. The molecule has 0 aromatic heterocycles. The highest BCUT2D eigenvalue weighted by molar-refractivity contribution is 5.12. The Labute approximate surface area is 195 Å². The van der Waals surface area contributed by atoms with Crippen molar-refractivity contribution < 1.29 is 10.2 Å². The topological polar surface area (TPSA) is 89.2 Å². The van der Waals surface area contributed by atoms with Crippen molar-refractivity contribution in [3.05, 3.63) is 10.4 Å². The maximum absolute atomic E-state index is 10.8. The zero-order valence-electron chi connectivity index (χ0n) is 21.1. The van der Waals surface area contributed by atoms with Gasteiger partial charge in [-0.3, -0.25) is 0 Å². The quantitative estimate of drug-likeness (QED) is 0.260. The summed E-state index contributed by atoms with van der Waals surface area (Å²) in [5, 5.41) is 25.3. The van der Waals surface area contributed by atoms with Crippen LogP contribution in [0.2, 0.25) is 0 Å². The Morgan fingerprint density at radius 3 is 2.38 bits per heavy atom. The molecule has 0 aromatic rings. The summed E-state index contributed by atoms with van der Waals surface area (Å²) < 4.78 is 0. The van der Waals surface area contributed by atoms with Gasteiger partial charge >= 0.3 is 0 Å². The molecule has 0 bridgehead atoms. The maximum Gasteiger partial charge on any atom is 0.169 e. The maximum atomic E-state index is 10.8. The summed E-state index contributed by atoms with van der Waals surface area (Å²) >= 11 is 0. The van der Waals surface area contributed by atoms with Crippen LogP contribution < -0.4 is 0 Å². The Morgan fingerprint density at radius 1 is 0.969 bits per heavy atom. The lowest BCUT2D eigenvalue weighted by molar-refractivity contribution is -0.195. The average molecular weight is 446 g/mol. The Morgan fingerprint density at radius 2 is 1.69 bits per heavy atom. The minimum atomic E-state index is -1.63. The summed E-state index contributed by atoms with van der Waals surface area (Å²) in [7, 11) is 0. The molecule has 0 aromatic carbocycles. The van der Waals surface area contributed by atoms with Gasteiger partial charge in [-0.1, -0.05) is 59.0 Å². The summed E-state index contributed by atoms with van der Waals surface area (Å²) in [5.41, 5.74) is 7.81. The van der Waals surface area contributed by atoms with E-state index >= 15 is 0 Å². The summed E-state index contributed by atoms with van der Waals surface area (Å²) in [6.07, 6.45) is 11.8. The number of aliphatic hydroxyl groups is 2. The largest absolute Gasteiger partial charge is 0.390 e. The van der Waals surface area contributed by atoms with Gasteiger partial charge in [0.2, 0.25) is 0 Å². The van der Waals surface area contributed by atoms with Crippen molar-refractivity contribution >= 4 is 0 Å². The Kier molecular flexibility index (Phi) is 6.68. The molecule has 4 saturated carbocycles. The van der Waals surface area contributed by atoms with E-state index in [-0.39, 0.29) is 5.41 Å². The molecule has 3 unspecified atom stereocenters. The third kappa shape index (κ3) is 3.91. The fourth-order valence-electron chi connectivity index (χ4n) is 9.48. The summed E-state index contributed by atoms with van der Waals surface area (Å²) in [6.45, 7) is 12.2. The van der Waals surface area contributed by atoms with Crippen LogP contribution in [-0.2, 0) is 0 Å². The second-order valence-corrected chi connectivity index (χ2v) is 13.2. The van der Waals surface area contributed by atoms with Gasteiger partial charge in [-0.05, 0) is 109 Å². The molecule has 0 saturated heterocycles. The van der Waals surface area contributed by atoms with Gasteiger partial charge in [0.15, 0.2) is 5.72 Å². The second-order valence-electron chi connectivity index (χ2n) is 13.2. The highest BCUT2D eigenvalue weighted by Gasteiger charge is 2.63. The second kappa shape index (κ2) is 8.78. The van der Waals surface area contributed by atoms with E-state index in [4.69, 9.17) is 5.53 Å². The number of nitrogens with zero attached hydrogens (tertiary/aromatic N) is 3. The molecule has 4 fully saturated rings. The van der Waals surface area contributed by atoms with Crippen LogP contribution in [0.15, 0.2) is 5.11 Å². The molecule has 0 aliphatic heterocycles. The molecule has 4 aliphatic carbocycles. The first-order chi connectivity index (χ1) is 15.0. The van der Waals surface area contributed by atoms with Gasteiger partial charge in [0.05, 0.1) is 6.10 Å².